The Hall–Kier alpha value is -0.860. The lowest BCUT2D eigenvalue weighted by Crippen LogP contribution is -2.10. The summed E-state index contributed by atoms with van der Waals surface area (Å²) in [5.74, 6) is 0.0118. The number of carbonyl (C=O) groups is 1. The molecule has 0 spiro atoms. The molecule has 3 heteroatoms. The largest absolute Gasteiger partial charge is 0.454 e. The molecule has 0 rings (SSSR count). The van der Waals surface area contributed by atoms with Crippen molar-refractivity contribution in [1.82, 2.24) is 0 Å². The van der Waals surface area contributed by atoms with E-state index < -0.39 is 0 Å². The van der Waals surface area contributed by atoms with E-state index in [1.165, 1.54) is 13.4 Å². The van der Waals surface area contributed by atoms with Gasteiger partial charge in [-0.25, -0.2) is 4.79 Å². The van der Waals surface area contributed by atoms with Crippen molar-refractivity contribution < 1.29 is 14.3 Å². The topological polar surface area (TPSA) is 43.4 Å². The maximum Gasteiger partial charge on any atom is 0.417 e. The molecule has 0 aromatic heterocycles. The molecule has 0 saturated carbocycles. The number of rotatable bonds is 4. The van der Waals surface area contributed by atoms with Crippen molar-refractivity contribution in [3.05, 3.63) is 0 Å². The van der Waals surface area contributed by atoms with Crippen LogP contribution in [0.4, 0.5) is 0 Å². The van der Waals surface area contributed by atoms with Gasteiger partial charge in [-0.05, 0) is 13.8 Å². The van der Waals surface area contributed by atoms with Crippen molar-refractivity contribution in [3.63, 3.8) is 0 Å². The Labute approximate surface area is 54.0 Å². The molecule has 51 valence electrons. The monoisotopic (exact) mass is 129 g/mol. The Morgan fingerprint density at radius 3 is 2.67 bits per heavy atom. The highest BCUT2D eigenvalue weighted by molar-refractivity contribution is 5.76. The smallest absolute Gasteiger partial charge is 0.417 e. The third kappa shape index (κ3) is 5.00. The molecule has 0 aromatic rings. The molecule has 3 nitrogen and oxygen atoms in total. The molecule has 1 atom stereocenters. The highest BCUT2D eigenvalue weighted by atomic mass is 16.5. The fourth-order valence-electron chi connectivity index (χ4n) is 0.529. The lowest BCUT2D eigenvalue weighted by Gasteiger charge is -2.03. The third-order valence-electron chi connectivity index (χ3n) is 0.824. The van der Waals surface area contributed by atoms with Crippen LogP contribution in [0.3, 0.4) is 0 Å². The molecule has 0 saturated heterocycles. The molecule has 0 bridgehead atoms. The molecule has 0 amide bonds. The van der Waals surface area contributed by atoms with Crippen molar-refractivity contribution in [2.45, 2.75) is 26.4 Å². The summed E-state index contributed by atoms with van der Waals surface area (Å²) in [7, 11) is 0. The molecule has 0 aliphatic carbocycles. The first-order valence-corrected chi connectivity index (χ1v) is 2.69. The maximum atomic E-state index is 10.3. The van der Waals surface area contributed by atoms with Gasteiger partial charge in [-0.2, -0.15) is 0 Å². The van der Waals surface area contributed by atoms with Crippen molar-refractivity contribution in [2.24, 2.45) is 0 Å². The van der Waals surface area contributed by atoms with E-state index >= 15 is 0 Å². The molecule has 0 fully saturated rings. The molecule has 0 heterocycles. The number of Topliss-reactive ketones (excluding diaryl/α,β-unsaturated/α-hetero) is 1. The number of ketones is 1. The minimum absolute atomic E-state index is 0.0118. The minimum Gasteiger partial charge on any atom is -0.454 e. The summed E-state index contributed by atoms with van der Waals surface area (Å²) in [6.07, 6.45) is -0.0603. The van der Waals surface area contributed by atoms with E-state index in [-0.39, 0.29) is 18.3 Å². The first-order valence-electron chi connectivity index (χ1n) is 2.69. The van der Waals surface area contributed by atoms with Crippen LogP contribution < -0.4 is 0 Å². The van der Waals surface area contributed by atoms with Gasteiger partial charge in [0.15, 0.2) is 0 Å². The molecule has 9 heavy (non-hydrogen) atoms. The fourth-order valence-corrected chi connectivity index (χ4v) is 0.529. The van der Waals surface area contributed by atoms with Crippen molar-refractivity contribution in [2.75, 3.05) is 0 Å². The Kier molecular flexibility index (Phi) is 3.67. The summed E-state index contributed by atoms with van der Waals surface area (Å²) in [6, 6.07) is 0. The SMILES string of the molecule is CC(=O)CC(C)O[C]=O. The van der Waals surface area contributed by atoms with E-state index in [9.17, 15) is 9.59 Å². The minimum atomic E-state index is -0.333. The molecule has 1 radical (unpaired) electrons. The second-order valence-corrected chi connectivity index (χ2v) is 1.92. The van der Waals surface area contributed by atoms with Gasteiger partial charge in [0.25, 0.3) is 0 Å². The van der Waals surface area contributed by atoms with Crippen LogP contribution in [0, 0.1) is 0 Å². The van der Waals surface area contributed by atoms with E-state index in [4.69, 9.17) is 0 Å². The van der Waals surface area contributed by atoms with Crippen molar-refractivity contribution in [1.29, 1.82) is 0 Å². The van der Waals surface area contributed by atoms with Gasteiger partial charge in [0.2, 0.25) is 0 Å². The Balaban J connectivity index is 3.37. The highest BCUT2D eigenvalue weighted by Gasteiger charge is 2.03. The summed E-state index contributed by atoms with van der Waals surface area (Å²) in [4.78, 5) is 19.9. The number of hydrogen-bond acceptors (Lipinski definition) is 3. The lowest BCUT2D eigenvalue weighted by molar-refractivity contribution is -0.118. The Morgan fingerprint density at radius 2 is 2.33 bits per heavy atom. The Morgan fingerprint density at radius 1 is 1.78 bits per heavy atom. The average Bonchev–Trinajstić information content (AvgIpc) is 1.63. The lowest BCUT2D eigenvalue weighted by atomic mass is 10.2. The van der Waals surface area contributed by atoms with E-state index in [2.05, 4.69) is 4.74 Å². The first-order chi connectivity index (χ1) is 4.16. The fraction of sp³-hybridized carbons (Fsp3) is 0.667. The van der Waals surface area contributed by atoms with Gasteiger partial charge in [0.1, 0.15) is 11.9 Å². The van der Waals surface area contributed by atoms with E-state index in [0.29, 0.717) is 0 Å². The molecular weight excluding hydrogens is 120 g/mol. The van der Waals surface area contributed by atoms with Gasteiger partial charge in [-0.15, -0.1) is 0 Å². The van der Waals surface area contributed by atoms with Gasteiger partial charge >= 0.3 is 6.47 Å². The summed E-state index contributed by atoms with van der Waals surface area (Å²) in [6.45, 7) is 4.36. The summed E-state index contributed by atoms with van der Waals surface area (Å²) in [5, 5.41) is 0. The molecule has 0 aliphatic rings. The summed E-state index contributed by atoms with van der Waals surface area (Å²) < 4.78 is 4.33. The number of hydrogen-bond donors (Lipinski definition) is 0. The van der Waals surface area contributed by atoms with Crippen LogP contribution >= 0.6 is 0 Å². The van der Waals surface area contributed by atoms with Crippen LogP contribution in [-0.2, 0) is 14.3 Å². The molecule has 0 N–H and O–H groups in total. The quantitative estimate of drug-likeness (QED) is 0.553. The van der Waals surface area contributed by atoms with Gasteiger partial charge in [0.05, 0.1) is 0 Å². The van der Waals surface area contributed by atoms with E-state index in [1.54, 1.807) is 6.92 Å². The van der Waals surface area contributed by atoms with Crippen LogP contribution in [0.5, 0.6) is 0 Å². The zero-order valence-corrected chi connectivity index (χ0v) is 5.51. The predicted molar refractivity (Wildman–Crippen MR) is 31.5 cm³/mol. The van der Waals surface area contributed by atoms with Crippen LogP contribution in [0.15, 0.2) is 0 Å². The molecule has 0 aromatic carbocycles. The van der Waals surface area contributed by atoms with E-state index in [1.807, 2.05) is 0 Å². The standard InChI is InChI=1S/C6H9O3/c1-5(8)3-6(2)9-4-7/h6H,3H2,1-2H3. The number of carbonyl (C=O) groups excluding carboxylic acids is 2. The average molecular weight is 129 g/mol. The zero-order chi connectivity index (χ0) is 7.28. The Bertz CT molecular complexity index is 109. The molecule has 1 unspecified atom stereocenters. The van der Waals surface area contributed by atoms with Crippen LogP contribution in [0.2, 0.25) is 0 Å². The van der Waals surface area contributed by atoms with Crippen molar-refractivity contribution >= 4 is 12.3 Å². The van der Waals surface area contributed by atoms with Gasteiger partial charge < -0.3 is 4.74 Å². The number of ether oxygens (including phenoxy) is 1. The molecular formula is C6H9O3. The maximum absolute atomic E-state index is 10.3. The second-order valence-electron chi connectivity index (χ2n) is 1.92. The van der Waals surface area contributed by atoms with Gasteiger partial charge in [-0.1, -0.05) is 0 Å². The van der Waals surface area contributed by atoms with Crippen LogP contribution in [-0.4, -0.2) is 18.4 Å². The molecule has 0 aliphatic heterocycles. The van der Waals surface area contributed by atoms with Crippen LogP contribution in [0.25, 0.3) is 0 Å². The van der Waals surface area contributed by atoms with E-state index in [0.717, 1.165) is 0 Å². The first kappa shape index (κ1) is 8.14. The highest BCUT2D eigenvalue weighted by Crippen LogP contribution is 1.94. The van der Waals surface area contributed by atoms with Gasteiger partial charge in [-0.3, -0.25) is 4.79 Å². The van der Waals surface area contributed by atoms with Crippen LogP contribution in [0.1, 0.15) is 20.3 Å². The zero-order valence-electron chi connectivity index (χ0n) is 5.51. The van der Waals surface area contributed by atoms with Crippen molar-refractivity contribution in [3.8, 4) is 0 Å². The normalized spacial score (nSPS) is 12.2. The van der Waals surface area contributed by atoms with Gasteiger partial charge in [0, 0.05) is 6.42 Å². The third-order valence-corrected chi connectivity index (χ3v) is 0.824. The second kappa shape index (κ2) is 4.06. The predicted octanol–water partition coefficient (Wildman–Crippen LogP) is 0.438. The summed E-state index contributed by atoms with van der Waals surface area (Å²) >= 11 is 0. The summed E-state index contributed by atoms with van der Waals surface area (Å²) in [5.41, 5.74) is 0.